The van der Waals surface area contributed by atoms with Gasteiger partial charge in [0, 0.05) is 55.4 Å². The number of carbonyl (C=O) groups excluding carboxylic acids is 2. The van der Waals surface area contributed by atoms with E-state index in [-0.39, 0.29) is 39.1 Å². The number of furan rings is 1. The normalized spacial score (nSPS) is 21.2. The predicted molar refractivity (Wildman–Crippen MR) is 177 cm³/mol. The number of pyridine rings is 1. The number of hydrogen-bond acceptors (Lipinski definition) is 9. The Morgan fingerprint density at radius 2 is 1.80 bits per heavy atom. The predicted octanol–water partition coefficient (Wildman–Crippen LogP) is 3.21. The quantitative estimate of drug-likeness (QED) is 0.176. The highest BCUT2D eigenvalue weighted by atomic mass is 19.4. The number of rotatable bonds is 12. The van der Waals surface area contributed by atoms with Gasteiger partial charge < -0.3 is 30.0 Å². The van der Waals surface area contributed by atoms with Crippen LogP contribution in [0.3, 0.4) is 0 Å². The van der Waals surface area contributed by atoms with Crippen LogP contribution < -0.4 is 15.4 Å². The third-order valence-electron chi connectivity index (χ3n) is 9.15. The molecule has 266 valence electrons. The zero-order valence-electron chi connectivity index (χ0n) is 27.3. The number of nitrogens with zero attached hydrogens (tertiary/aromatic N) is 3. The average Bonchev–Trinajstić information content (AvgIpc) is 3.51. The van der Waals surface area contributed by atoms with E-state index in [0.717, 1.165) is 10.9 Å². The molecule has 2 aromatic carbocycles. The Hall–Kier alpha value is -4.50. The molecule has 11 nitrogen and oxygen atoms in total. The lowest BCUT2D eigenvalue weighted by atomic mass is 9.91. The Labute approximate surface area is 287 Å². The van der Waals surface area contributed by atoms with Crippen LogP contribution in [0.4, 0.5) is 13.2 Å². The number of nitrogens with one attached hydrogen (secondary N) is 2. The van der Waals surface area contributed by atoms with E-state index in [0.29, 0.717) is 35.7 Å². The van der Waals surface area contributed by atoms with Crippen LogP contribution in [0.25, 0.3) is 11.0 Å². The van der Waals surface area contributed by atoms with Gasteiger partial charge in [-0.25, -0.2) is 0 Å². The number of β-amino-alcohol motifs (C(OH)–C–C–N with tert-alkyl or cyclic N) is 1. The van der Waals surface area contributed by atoms with Gasteiger partial charge in [-0.15, -0.1) is 0 Å². The van der Waals surface area contributed by atoms with Crippen LogP contribution in [-0.4, -0.2) is 101 Å². The topological polar surface area (TPSA) is 140 Å². The maximum absolute atomic E-state index is 13.8. The summed E-state index contributed by atoms with van der Waals surface area (Å²) in [5.41, 5.74) is 2.16. The first-order chi connectivity index (χ1) is 24.0. The molecule has 5 atom stereocenters. The number of para-hydroxylation sites is 2. The molecule has 1 saturated heterocycles. The molecule has 0 saturated carbocycles. The maximum atomic E-state index is 13.8. The van der Waals surface area contributed by atoms with Crippen molar-refractivity contribution in [1.29, 1.82) is 0 Å². The van der Waals surface area contributed by atoms with Gasteiger partial charge in [-0.3, -0.25) is 24.4 Å². The van der Waals surface area contributed by atoms with Gasteiger partial charge in [-0.2, -0.15) is 13.2 Å². The van der Waals surface area contributed by atoms with Crippen molar-refractivity contribution < 1.29 is 42.1 Å². The molecule has 2 aliphatic heterocycles. The number of carbonyl (C=O) groups is 2. The Balaban J connectivity index is 1.16. The first-order valence-electron chi connectivity index (χ1n) is 16.6. The minimum Gasteiger partial charge on any atom is -0.490 e. The van der Waals surface area contributed by atoms with Gasteiger partial charge >= 0.3 is 6.18 Å². The molecule has 5 unspecified atom stereocenters. The summed E-state index contributed by atoms with van der Waals surface area (Å²) in [6.07, 6.45) is -3.23. The summed E-state index contributed by atoms with van der Waals surface area (Å²) in [7, 11) is 0. The summed E-state index contributed by atoms with van der Waals surface area (Å²) < 4.78 is 50.8. The third kappa shape index (κ3) is 8.99. The lowest BCUT2D eigenvalue weighted by molar-refractivity contribution is -0.143. The second-order valence-corrected chi connectivity index (χ2v) is 12.9. The molecule has 14 heteroatoms. The molecular formula is C36H40F3N5O6. The van der Waals surface area contributed by atoms with E-state index in [1.807, 2.05) is 40.5 Å². The van der Waals surface area contributed by atoms with Crippen LogP contribution in [0, 0.1) is 5.92 Å². The number of ether oxygens (including phenoxy) is 1. The molecule has 0 radical (unpaired) electrons. The molecule has 0 aliphatic carbocycles. The molecule has 0 spiro atoms. The molecule has 2 aliphatic rings. The van der Waals surface area contributed by atoms with Crippen molar-refractivity contribution in [1.82, 2.24) is 25.4 Å². The van der Waals surface area contributed by atoms with Crippen LogP contribution in [0.5, 0.6) is 5.75 Å². The van der Waals surface area contributed by atoms with E-state index >= 15 is 0 Å². The van der Waals surface area contributed by atoms with Gasteiger partial charge in [-0.1, -0.05) is 36.4 Å². The molecular weight excluding hydrogens is 655 g/mol. The van der Waals surface area contributed by atoms with Crippen molar-refractivity contribution in [3.63, 3.8) is 0 Å². The monoisotopic (exact) mass is 695 g/mol. The Kier molecular flexibility index (Phi) is 11.0. The van der Waals surface area contributed by atoms with E-state index in [9.17, 15) is 33.0 Å². The molecule has 50 heavy (non-hydrogen) atoms. The van der Waals surface area contributed by atoms with Crippen molar-refractivity contribution >= 4 is 22.8 Å². The van der Waals surface area contributed by atoms with Gasteiger partial charge in [-0.05, 0) is 48.7 Å². The van der Waals surface area contributed by atoms with E-state index in [1.54, 1.807) is 53.7 Å². The van der Waals surface area contributed by atoms with Crippen molar-refractivity contribution in [2.75, 3.05) is 39.3 Å². The van der Waals surface area contributed by atoms with Crippen LogP contribution in [-0.2, 0) is 22.6 Å². The Morgan fingerprint density at radius 3 is 2.58 bits per heavy atom. The first-order valence-corrected chi connectivity index (χ1v) is 16.6. The standard InChI is InChI=1S/C36H40F3N5O6/c37-36(38,39)22-41-35(48)29-20-43(19-27-17-24-5-1-3-7-31(24)50-27)13-14-44(29)18-26(45)16-25(15-23-9-11-40-12-10-23)34(47)42-33-28-6-2-4-8-32(28)49-21-30(33)46/h1-12,17,25-26,29-30,33,45-46H,13-16,18-22H2,(H,41,48)(H,42,47). The number of amides is 2. The van der Waals surface area contributed by atoms with Crippen molar-refractivity contribution in [3.8, 4) is 5.75 Å². The molecule has 4 N–H and O–H groups in total. The van der Waals surface area contributed by atoms with E-state index in [2.05, 4.69) is 10.3 Å². The molecule has 2 amide bonds. The molecule has 2 aromatic heterocycles. The zero-order valence-corrected chi connectivity index (χ0v) is 27.3. The largest absolute Gasteiger partial charge is 0.490 e. The molecule has 6 rings (SSSR count). The number of benzene rings is 2. The van der Waals surface area contributed by atoms with Crippen LogP contribution in [0.15, 0.2) is 83.5 Å². The number of aliphatic hydroxyl groups is 2. The smallest absolute Gasteiger partial charge is 0.405 e. The van der Waals surface area contributed by atoms with Crippen molar-refractivity contribution in [2.45, 2.75) is 49.9 Å². The molecule has 4 heterocycles. The first kappa shape index (κ1) is 35.3. The number of fused-ring (bicyclic) bond motifs is 2. The highest BCUT2D eigenvalue weighted by Crippen LogP contribution is 2.32. The fraction of sp³-hybridized carbons (Fsp3) is 0.417. The number of halogens is 3. The van der Waals surface area contributed by atoms with E-state index in [1.165, 1.54) is 0 Å². The number of hydrogen-bond donors (Lipinski definition) is 4. The summed E-state index contributed by atoms with van der Waals surface area (Å²) >= 11 is 0. The minimum atomic E-state index is -4.59. The van der Waals surface area contributed by atoms with Gasteiger partial charge in [0.05, 0.1) is 18.7 Å². The molecule has 4 aromatic rings. The SMILES string of the molecule is O=C(NC1c2ccccc2OCC1O)C(Cc1ccncc1)CC(O)CN1CCN(Cc2cc3ccccc3o2)CC1C(=O)NCC(F)(F)F. The molecule has 0 bridgehead atoms. The van der Waals surface area contributed by atoms with E-state index < -0.39 is 54.7 Å². The van der Waals surface area contributed by atoms with Crippen LogP contribution >= 0.6 is 0 Å². The summed E-state index contributed by atoms with van der Waals surface area (Å²) in [6.45, 7) is -0.315. The fourth-order valence-corrected chi connectivity index (χ4v) is 6.68. The summed E-state index contributed by atoms with van der Waals surface area (Å²) in [6, 6.07) is 18.4. The number of piperazine rings is 1. The second kappa shape index (κ2) is 15.6. The Morgan fingerprint density at radius 1 is 1.04 bits per heavy atom. The van der Waals surface area contributed by atoms with Crippen molar-refractivity contribution in [3.05, 3.63) is 96.0 Å². The summed E-state index contributed by atoms with van der Waals surface area (Å²) in [5.74, 6) is -0.722. The summed E-state index contributed by atoms with van der Waals surface area (Å²) in [4.78, 5) is 34.7. The zero-order chi connectivity index (χ0) is 35.3. The second-order valence-electron chi connectivity index (χ2n) is 12.9. The summed E-state index contributed by atoms with van der Waals surface area (Å²) in [5, 5.41) is 28.0. The van der Waals surface area contributed by atoms with Crippen LogP contribution in [0.2, 0.25) is 0 Å². The fourth-order valence-electron chi connectivity index (χ4n) is 6.68. The van der Waals surface area contributed by atoms with Crippen LogP contribution in [0.1, 0.15) is 29.3 Å². The number of alkyl halides is 3. The average molecular weight is 696 g/mol. The number of aliphatic hydroxyl groups excluding tert-OH is 2. The van der Waals surface area contributed by atoms with Gasteiger partial charge in [0.15, 0.2) is 0 Å². The van der Waals surface area contributed by atoms with Crippen molar-refractivity contribution in [2.24, 2.45) is 5.92 Å². The Bertz CT molecular complexity index is 1720. The van der Waals surface area contributed by atoms with E-state index in [4.69, 9.17) is 9.15 Å². The minimum absolute atomic E-state index is 0.000279. The highest BCUT2D eigenvalue weighted by molar-refractivity contribution is 5.82. The van der Waals surface area contributed by atoms with Gasteiger partial charge in [0.1, 0.15) is 42.4 Å². The van der Waals surface area contributed by atoms with Gasteiger partial charge in [0.25, 0.3) is 0 Å². The number of aromatic nitrogens is 1. The highest BCUT2D eigenvalue weighted by Gasteiger charge is 2.38. The lowest BCUT2D eigenvalue weighted by Gasteiger charge is -2.41. The van der Waals surface area contributed by atoms with Gasteiger partial charge in [0.2, 0.25) is 11.8 Å². The lowest BCUT2D eigenvalue weighted by Crippen LogP contribution is -2.60. The maximum Gasteiger partial charge on any atom is 0.405 e. The molecule has 1 fully saturated rings. The third-order valence-corrected chi connectivity index (χ3v) is 9.15.